The van der Waals surface area contributed by atoms with Crippen LogP contribution in [0.4, 0.5) is 8.78 Å². The van der Waals surface area contributed by atoms with Gasteiger partial charge in [0.05, 0.1) is 17.2 Å². The number of halogens is 2. The lowest BCUT2D eigenvalue weighted by Gasteiger charge is -2.21. The van der Waals surface area contributed by atoms with Crippen LogP contribution in [0, 0.1) is 11.6 Å². The number of aromatic nitrogens is 2. The van der Waals surface area contributed by atoms with Crippen LogP contribution in [0.25, 0.3) is 10.9 Å². The fourth-order valence-corrected chi connectivity index (χ4v) is 2.72. The quantitative estimate of drug-likeness (QED) is 0.706. The second-order valence-corrected chi connectivity index (χ2v) is 5.88. The number of amides is 1. The summed E-state index contributed by atoms with van der Waals surface area (Å²) in [5.74, 6) is -1.14. The van der Waals surface area contributed by atoms with E-state index in [1.165, 1.54) is 46.1 Å². The van der Waals surface area contributed by atoms with Crippen LogP contribution in [0.3, 0.4) is 0 Å². The van der Waals surface area contributed by atoms with Crippen LogP contribution in [0.2, 0.25) is 0 Å². The predicted molar refractivity (Wildman–Crippen MR) is 93.5 cm³/mol. The molecule has 0 aliphatic rings. The van der Waals surface area contributed by atoms with E-state index in [4.69, 9.17) is 0 Å². The molecule has 3 aromatic rings. The number of fused-ring (bicyclic) bond motifs is 1. The summed E-state index contributed by atoms with van der Waals surface area (Å²) in [6, 6.07) is 9.73. The van der Waals surface area contributed by atoms with E-state index in [1.54, 1.807) is 19.1 Å². The van der Waals surface area contributed by atoms with Gasteiger partial charge in [-0.2, -0.15) is 0 Å². The van der Waals surface area contributed by atoms with Crippen molar-refractivity contribution in [3.8, 4) is 0 Å². The number of benzene rings is 2. The topological polar surface area (TPSA) is 55.2 Å². The minimum absolute atomic E-state index is 0.192. The van der Waals surface area contributed by atoms with Crippen LogP contribution in [0.1, 0.15) is 12.5 Å². The SMILES string of the molecule is CCN(Cc1cccc(F)c1)C(=O)Cn1cnc2cc(F)ccc2c1=O. The average Bonchev–Trinajstić information content (AvgIpc) is 2.62. The van der Waals surface area contributed by atoms with E-state index in [0.717, 1.165) is 0 Å². The molecule has 2 aromatic carbocycles. The second kappa shape index (κ2) is 7.43. The molecule has 0 aliphatic heterocycles. The van der Waals surface area contributed by atoms with Gasteiger partial charge in [-0.1, -0.05) is 12.1 Å². The maximum Gasteiger partial charge on any atom is 0.261 e. The van der Waals surface area contributed by atoms with Gasteiger partial charge in [0.1, 0.15) is 18.2 Å². The molecular weight excluding hydrogens is 340 g/mol. The maximum absolute atomic E-state index is 13.3. The smallest absolute Gasteiger partial charge is 0.261 e. The van der Waals surface area contributed by atoms with E-state index in [0.29, 0.717) is 12.1 Å². The van der Waals surface area contributed by atoms with Crippen LogP contribution >= 0.6 is 0 Å². The van der Waals surface area contributed by atoms with E-state index in [2.05, 4.69) is 4.98 Å². The number of carbonyl (C=O) groups excluding carboxylic acids is 1. The van der Waals surface area contributed by atoms with Gasteiger partial charge in [-0.15, -0.1) is 0 Å². The van der Waals surface area contributed by atoms with Gasteiger partial charge < -0.3 is 4.90 Å². The van der Waals surface area contributed by atoms with Gasteiger partial charge in [0.15, 0.2) is 0 Å². The highest BCUT2D eigenvalue weighted by molar-refractivity contribution is 5.79. The number of hydrogen-bond acceptors (Lipinski definition) is 3. The summed E-state index contributed by atoms with van der Waals surface area (Å²) in [6.45, 7) is 2.27. The van der Waals surface area contributed by atoms with Gasteiger partial charge in [-0.3, -0.25) is 14.2 Å². The summed E-state index contributed by atoms with van der Waals surface area (Å²) in [4.78, 5) is 30.6. The Bertz CT molecular complexity index is 1020. The summed E-state index contributed by atoms with van der Waals surface area (Å²) in [5.41, 5.74) is 0.496. The third kappa shape index (κ3) is 3.77. The molecule has 1 aromatic heterocycles. The maximum atomic E-state index is 13.3. The minimum atomic E-state index is -0.481. The van der Waals surface area contributed by atoms with E-state index in [-0.39, 0.29) is 35.7 Å². The molecule has 0 fully saturated rings. The Hall–Kier alpha value is -3.09. The van der Waals surface area contributed by atoms with Gasteiger partial charge in [0, 0.05) is 19.2 Å². The van der Waals surface area contributed by atoms with E-state index < -0.39 is 11.4 Å². The lowest BCUT2D eigenvalue weighted by Crippen LogP contribution is -2.36. The predicted octanol–water partition coefficient (Wildman–Crippen LogP) is 2.72. The summed E-state index contributed by atoms with van der Waals surface area (Å²) in [6.07, 6.45) is 1.23. The Morgan fingerprint density at radius 2 is 1.92 bits per heavy atom. The molecule has 134 valence electrons. The van der Waals surface area contributed by atoms with E-state index in [1.807, 2.05) is 0 Å². The van der Waals surface area contributed by atoms with Gasteiger partial charge in [-0.25, -0.2) is 13.8 Å². The minimum Gasteiger partial charge on any atom is -0.337 e. The molecule has 0 saturated carbocycles. The van der Waals surface area contributed by atoms with Crippen molar-refractivity contribution in [2.75, 3.05) is 6.54 Å². The first-order chi connectivity index (χ1) is 12.5. The summed E-state index contributed by atoms with van der Waals surface area (Å²) < 4.78 is 27.7. The molecule has 0 saturated heterocycles. The molecule has 0 aliphatic carbocycles. The van der Waals surface area contributed by atoms with Crippen molar-refractivity contribution in [3.63, 3.8) is 0 Å². The van der Waals surface area contributed by atoms with Gasteiger partial charge in [0.2, 0.25) is 5.91 Å². The highest BCUT2D eigenvalue weighted by Crippen LogP contribution is 2.10. The number of hydrogen-bond donors (Lipinski definition) is 0. The largest absolute Gasteiger partial charge is 0.337 e. The number of rotatable bonds is 5. The van der Waals surface area contributed by atoms with Gasteiger partial charge >= 0.3 is 0 Å². The molecule has 0 bridgehead atoms. The number of likely N-dealkylation sites (N-methyl/N-ethyl adjacent to an activating group) is 1. The Labute approximate surface area is 148 Å². The molecule has 1 heterocycles. The Morgan fingerprint density at radius 3 is 2.65 bits per heavy atom. The lowest BCUT2D eigenvalue weighted by atomic mass is 10.2. The van der Waals surface area contributed by atoms with Gasteiger partial charge in [-0.05, 0) is 36.8 Å². The molecule has 3 rings (SSSR count). The second-order valence-electron chi connectivity index (χ2n) is 5.88. The Balaban J connectivity index is 1.81. The van der Waals surface area contributed by atoms with Crippen molar-refractivity contribution in [1.82, 2.24) is 14.5 Å². The fraction of sp³-hybridized carbons (Fsp3) is 0.211. The molecule has 0 atom stereocenters. The van der Waals surface area contributed by atoms with E-state index in [9.17, 15) is 18.4 Å². The third-order valence-electron chi connectivity index (χ3n) is 4.09. The molecule has 26 heavy (non-hydrogen) atoms. The normalized spacial score (nSPS) is 10.9. The third-order valence-corrected chi connectivity index (χ3v) is 4.09. The zero-order valence-corrected chi connectivity index (χ0v) is 14.2. The first-order valence-corrected chi connectivity index (χ1v) is 8.15. The van der Waals surface area contributed by atoms with Crippen molar-refractivity contribution >= 4 is 16.8 Å². The highest BCUT2D eigenvalue weighted by atomic mass is 19.1. The molecule has 0 N–H and O–H groups in total. The van der Waals surface area contributed by atoms with Crippen molar-refractivity contribution < 1.29 is 13.6 Å². The van der Waals surface area contributed by atoms with Crippen molar-refractivity contribution in [1.29, 1.82) is 0 Å². The summed E-state index contributed by atoms with van der Waals surface area (Å²) >= 11 is 0. The molecule has 0 spiro atoms. The highest BCUT2D eigenvalue weighted by Gasteiger charge is 2.15. The van der Waals surface area contributed by atoms with Crippen LogP contribution in [-0.2, 0) is 17.9 Å². The van der Waals surface area contributed by atoms with Crippen molar-refractivity contribution in [2.45, 2.75) is 20.0 Å². The summed E-state index contributed by atoms with van der Waals surface area (Å²) in [7, 11) is 0. The molecule has 0 radical (unpaired) electrons. The monoisotopic (exact) mass is 357 g/mol. The number of carbonyl (C=O) groups is 1. The lowest BCUT2D eigenvalue weighted by molar-refractivity contribution is -0.132. The Morgan fingerprint density at radius 1 is 1.15 bits per heavy atom. The van der Waals surface area contributed by atoms with Crippen LogP contribution < -0.4 is 5.56 Å². The summed E-state index contributed by atoms with van der Waals surface area (Å²) in [5, 5.41) is 0.245. The average molecular weight is 357 g/mol. The van der Waals surface area contributed by atoms with Crippen molar-refractivity contribution in [2.24, 2.45) is 0 Å². The number of nitrogens with zero attached hydrogens (tertiary/aromatic N) is 3. The zero-order valence-electron chi connectivity index (χ0n) is 14.2. The molecule has 1 amide bonds. The first kappa shape index (κ1) is 17.7. The van der Waals surface area contributed by atoms with Crippen LogP contribution in [0.5, 0.6) is 0 Å². The zero-order chi connectivity index (χ0) is 18.7. The van der Waals surface area contributed by atoms with Gasteiger partial charge in [0.25, 0.3) is 5.56 Å². The van der Waals surface area contributed by atoms with Crippen LogP contribution in [-0.4, -0.2) is 26.9 Å². The fourth-order valence-electron chi connectivity index (χ4n) is 2.72. The van der Waals surface area contributed by atoms with Crippen LogP contribution in [0.15, 0.2) is 53.6 Å². The van der Waals surface area contributed by atoms with E-state index >= 15 is 0 Å². The molecule has 0 unspecified atom stereocenters. The molecule has 5 nitrogen and oxygen atoms in total. The Kier molecular flexibility index (Phi) is 5.06. The molecule has 7 heteroatoms. The standard InChI is InChI=1S/C19H17F2N3O2/c1-2-23(10-13-4-3-5-14(20)8-13)18(25)11-24-12-22-17-9-15(21)6-7-16(17)19(24)26/h3-9,12H,2,10-11H2,1H3. The first-order valence-electron chi connectivity index (χ1n) is 8.15. The van der Waals surface area contributed by atoms with Crippen molar-refractivity contribution in [3.05, 3.63) is 76.3 Å². The molecular formula is C19H17F2N3O2.